The first-order chi connectivity index (χ1) is 10.8. The molecule has 0 bridgehead atoms. The molecular formula is C14H14F5N3OS. The highest BCUT2D eigenvalue weighted by atomic mass is 32.5. The number of aromatic nitrogens is 2. The molecule has 10 heteroatoms. The molecule has 1 aromatic carbocycles. The summed E-state index contributed by atoms with van der Waals surface area (Å²) in [6, 6.07) is 2.21. The van der Waals surface area contributed by atoms with E-state index in [0.29, 0.717) is 23.4 Å². The van der Waals surface area contributed by atoms with Gasteiger partial charge in [0.05, 0.1) is 12.2 Å². The Morgan fingerprint density at radius 2 is 1.71 bits per heavy atom. The summed E-state index contributed by atoms with van der Waals surface area (Å²) >= 11 is 0. The van der Waals surface area contributed by atoms with Gasteiger partial charge in [-0.15, -0.1) is 0 Å². The summed E-state index contributed by atoms with van der Waals surface area (Å²) in [5, 5.41) is 4.11. The van der Waals surface area contributed by atoms with Gasteiger partial charge in [0.15, 0.2) is 0 Å². The van der Waals surface area contributed by atoms with Crippen molar-refractivity contribution < 1.29 is 24.2 Å². The van der Waals surface area contributed by atoms with Gasteiger partial charge >= 0.3 is 10.2 Å². The van der Waals surface area contributed by atoms with Crippen molar-refractivity contribution in [1.82, 2.24) is 9.78 Å². The van der Waals surface area contributed by atoms with Crippen LogP contribution in [0.5, 0.6) is 0 Å². The molecule has 0 aliphatic carbocycles. The van der Waals surface area contributed by atoms with Crippen molar-refractivity contribution in [2.45, 2.75) is 24.8 Å². The maximum atomic E-state index is 12.8. The van der Waals surface area contributed by atoms with Crippen molar-refractivity contribution in [3.05, 3.63) is 41.7 Å². The summed E-state index contributed by atoms with van der Waals surface area (Å²) in [5.41, 5.74) is 1.11. The first-order valence-electron chi connectivity index (χ1n) is 6.98. The van der Waals surface area contributed by atoms with Crippen LogP contribution in [-0.2, 0) is 0 Å². The number of carbonyl (C=O) groups excluding carboxylic acids is 1. The van der Waals surface area contributed by atoms with Crippen molar-refractivity contribution in [3.8, 4) is 0 Å². The van der Waals surface area contributed by atoms with Gasteiger partial charge in [-0.05, 0) is 38.1 Å². The maximum Gasteiger partial charge on any atom is 0.310 e. The molecule has 0 N–H and O–H groups in total. The van der Waals surface area contributed by atoms with Gasteiger partial charge in [-0.2, -0.15) is 5.10 Å². The summed E-state index contributed by atoms with van der Waals surface area (Å²) in [6.45, 7) is 3.69. The monoisotopic (exact) mass is 367 g/mol. The number of nitrogens with zero attached hydrogens (tertiary/aromatic N) is 3. The van der Waals surface area contributed by atoms with Crippen LogP contribution in [0.1, 0.15) is 29.0 Å². The Bertz CT molecular complexity index is 829. The minimum atomic E-state index is -9.72. The normalized spacial score (nSPS) is 21.2. The molecule has 0 saturated heterocycles. The van der Waals surface area contributed by atoms with Crippen LogP contribution in [0.2, 0.25) is 0 Å². The second-order valence-electron chi connectivity index (χ2n) is 5.85. The largest absolute Gasteiger partial charge is 0.310 e. The van der Waals surface area contributed by atoms with Crippen LogP contribution in [0.3, 0.4) is 0 Å². The van der Waals surface area contributed by atoms with E-state index >= 15 is 0 Å². The number of aryl methyl sites for hydroxylation is 1. The fourth-order valence-corrected chi connectivity index (χ4v) is 3.36. The van der Waals surface area contributed by atoms with E-state index in [9.17, 15) is 24.2 Å². The fourth-order valence-electron chi connectivity index (χ4n) is 2.71. The van der Waals surface area contributed by atoms with Crippen LogP contribution >= 0.6 is 10.2 Å². The lowest BCUT2D eigenvalue weighted by Gasteiger charge is -2.40. The van der Waals surface area contributed by atoms with Crippen molar-refractivity contribution >= 4 is 21.8 Å². The lowest BCUT2D eigenvalue weighted by molar-refractivity contribution is 0.0952. The lowest BCUT2D eigenvalue weighted by atomic mass is 10.1. The molecule has 1 amide bonds. The zero-order valence-electron chi connectivity index (χ0n) is 12.7. The zero-order chi connectivity index (χ0) is 18.0. The SMILES string of the molecule is Cc1cnn2c1C(=O)N(c1ccc(S(F)(F)(F)(F)F)cc1)CC2C. The molecule has 2 aromatic rings. The molecule has 132 valence electrons. The molecule has 1 unspecified atom stereocenters. The van der Waals surface area contributed by atoms with Crippen molar-refractivity contribution in [3.63, 3.8) is 0 Å². The second-order valence-corrected chi connectivity index (χ2v) is 8.26. The molecule has 0 fully saturated rings. The third kappa shape index (κ3) is 2.74. The van der Waals surface area contributed by atoms with E-state index in [1.165, 1.54) is 11.1 Å². The standard InChI is InChI=1S/C14H14F5N3OS/c1-9-7-20-22-10(2)8-21(14(23)13(9)22)11-3-5-12(6-4-11)24(15,16,17,18)19/h3-7,10H,8H2,1-2H3. The molecule has 0 saturated carbocycles. The average molecular weight is 367 g/mol. The van der Waals surface area contributed by atoms with Crippen LogP contribution in [0.4, 0.5) is 25.1 Å². The third-order valence-corrected chi connectivity index (χ3v) is 5.05. The van der Waals surface area contributed by atoms with E-state index in [4.69, 9.17) is 0 Å². The third-order valence-electron chi connectivity index (χ3n) is 3.88. The number of halogens is 5. The summed E-state index contributed by atoms with van der Waals surface area (Å²) in [6.07, 6.45) is 1.53. The number of hydrogen-bond donors (Lipinski definition) is 0. The van der Waals surface area contributed by atoms with E-state index in [0.717, 1.165) is 12.1 Å². The van der Waals surface area contributed by atoms with E-state index in [2.05, 4.69) is 5.10 Å². The number of benzene rings is 1. The predicted molar refractivity (Wildman–Crippen MR) is 81.2 cm³/mol. The van der Waals surface area contributed by atoms with Crippen molar-refractivity contribution in [2.75, 3.05) is 11.4 Å². The fraction of sp³-hybridized carbons (Fsp3) is 0.286. The first-order valence-corrected chi connectivity index (χ1v) is 8.93. The van der Waals surface area contributed by atoms with Crippen LogP contribution < -0.4 is 4.90 Å². The van der Waals surface area contributed by atoms with Gasteiger partial charge in [-0.3, -0.25) is 9.48 Å². The van der Waals surface area contributed by atoms with Crippen LogP contribution in [0.25, 0.3) is 0 Å². The Balaban J connectivity index is 2.00. The van der Waals surface area contributed by atoms with E-state index in [-0.39, 0.29) is 18.3 Å². The van der Waals surface area contributed by atoms with E-state index < -0.39 is 21.0 Å². The molecule has 1 aromatic heterocycles. The average Bonchev–Trinajstić information content (AvgIpc) is 2.83. The Hall–Kier alpha value is -2.10. The Labute approximate surface area is 134 Å². The highest BCUT2D eigenvalue weighted by Crippen LogP contribution is 3.02. The highest BCUT2D eigenvalue weighted by molar-refractivity contribution is 8.45. The van der Waals surface area contributed by atoms with Crippen molar-refractivity contribution in [2.24, 2.45) is 0 Å². The second kappa shape index (κ2) is 4.29. The van der Waals surface area contributed by atoms with Gasteiger partial charge in [0.2, 0.25) is 0 Å². The summed E-state index contributed by atoms with van der Waals surface area (Å²) in [7, 11) is -9.72. The maximum absolute atomic E-state index is 12.8. The molecule has 1 atom stereocenters. The first kappa shape index (κ1) is 16.7. The molecule has 0 radical (unpaired) electrons. The van der Waals surface area contributed by atoms with Crippen LogP contribution in [0.15, 0.2) is 35.4 Å². The predicted octanol–water partition coefficient (Wildman–Crippen LogP) is 5.07. The Kier molecular flexibility index (Phi) is 3.00. The summed E-state index contributed by atoms with van der Waals surface area (Å²) in [4.78, 5) is 11.8. The molecule has 1 aliphatic heterocycles. The minimum absolute atomic E-state index is 0.129. The lowest BCUT2D eigenvalue weighted by Crippen LogP contribution is -2.42. The molecule has 2 heterocycles. The van der Waals surface area contributed by atoms with Gasteiger partial charge in [0.25, 0.3) is 5.91 Å². The smallest absolute Gasteiger partial charge is 0.305 e. The number of fused-ring (bicyclic) bond motifs is 1. The Morgan fingerprint density at radius 3 is 2.25 bits per heavy atom. The molecule has 4 nitrogen and oxygen atoms in total. The molecule has 24 heavy (non-hydrogen) atoms. The van der Waals surface area contributed by atoms with Gasteiger partial charge < -0.3 is 4.90 Å². The summed E-state index contributed by atoms with van der Waals surface area (Å²) < 4.78 is 65.4. The van der Waals surface area contributed by atoms with Crippen LogP contribution in [0, 0.1) is 6.92 Å². The van der Waals surface area contributed by atoms with Gasteiger partial charge in [-0.1, -0.05) is 19.4 Å². The quantitative estimate of drug-likeness (QED) is 0.695. The topological polar surface area (TPSA) is 38.1 Å². The summed E-state index contributed by atoms with van der Waals surface area (Å²) in [5.74, 6) is -0.428. The number of amides is 1. The molecule has 3 rings (SSSR count). The van der Waals surface area contributed by atoms with E-state index in [1.54, 1.807) is 18.5 Å². The number of hydrogen-bond acceptors (Lipinski definition) is 2. The highest BCUT2D eigenvalue weighted by Gasteiger charge is 2.65. The Morgan fingerprint density at radius 1 is 1.12 bits per heavy atom. The number of anilines is 1. The number of rotatable bonds is 2. The van der Waals surface area contributed by atoms with Gasteiger partial charge in [-0.25, -0.2) is 0 Å². The zero-order valence-corrected chi connectivity index (χ0v) is 13.5. The molecular weight excluding hydrogens is 353 g/mol. The molecule has 1 aliphatic rings. The number of carbonyl (C=O) groups is 1. The van der Waals surface area contributed by atoms with Crippen LogP contribution in [-0.4, -0.2) is 22.2 Å². The van der Waals surface area contributed by atoms with Gasteiger partial charge in [0.1, 0.15) is 10.6 Å². The van der Waals surface area contributed by atoms with E-state index in [1.807, 2.05) is 0 Å². The molecule has 0 spiro atoms. The van der Waals surface area contributed by atoms with Crippen molar-refractivity contribution in [1.29, 1.82) is 0 Å². The van der Waals surface area contributed by atoms with Gasteiger partial charge in [0, 0.05) is 17.8 Å². The minimum Gasteiger partial charge on any atom is -0.305 e.